The van der Waals surface area contributed by atoms with Crippen molar-refractivity contribution < 1.29 is 12.8 Å². The second-order valence-corrected chi connectivity index (χ2v) is 6.56. The van der Waals surface area contributed by atoms with E-state index in [9.17, 15) is 12.8 Å². The van der Waals surface area contributed by atoms with E-state index in [2.05, 4.69) is 22.0 Å². The van der Waals surface area contributed by atoms with E-state index in [1.165, 1.54) is 0 Å². The average molecular weight is 328 g/mol. The average Bonchev–Trinajstić information content (AvgIpc) is 2.82. The van der Waals surface area contributed by atoms with Crippen molar-refractivity contribution >= 4 is 27.2 Å². The minimum Gasteiger partial charge on any atom is -0.389 e. The molecule has 0 saturated carbocycles. The molecule has 2 rings (SSSR count). The van der Waals surface area contributed by atoms with Crippen molar-refractivity contribution in [3.8, 4) is 0 Å². The number of sulfonamides is 1. The number of aromatic nitrogens is 2. The number of rotatable bonds is 5. The van der Waals surface area contributed by atoms with Gasteiger partial charge in [0.25, 0.3) is 0 Å². The van der Waals surface area contributed by atoms with Gasteiger partial charge in [-0.15, -0.1) is 0 Å². The van der Waals surface area contributed by atoms with Gasteiger partial charge in [0.2, 0.25) is 10.0 Å². The van der Waals surface area contributed by atoms with E-state index in [0.29, 0.717) is 5.56 Å². The van der Waals surface area contributed by atoms with Gasteiger partial charge in [0.05, 0.1) is 11.1 Å². The van der Waals surface area contributed by atoms with E-state index in [-0.39, 0.29) is 22.0 Å². The van der Waals surface area contributed by atoms with Gasteiger partial charge in [0.1, 0.15) is 10.8 Å². The second kappa shape index (κ2) is 5.88. The van der Waals surface area contributed by atoms with Crippen molar-refractivity contribution in [3.63, 3.8) is 0 Å². The first-order valence-electron chi connectivity index (χ1n) is 5.86. The molecule has 6 nitrogen and oxygen atoms in total. The summed E-state index contributed by atoms with van der Waals surface area (Å²) in [5.74, 6) is -0.659. The molecule has 0 aliphatic rings. The lowest BCUT2D eigenvalue weighted by atomic mass is 10.2. The molecule has 0 fully saturated rings. The van der Waals surface area contributed by atoms with Crippen molar-refractivity contribution in [2.45, 2.75) is 11.4 Å². The molecular weight excluding hydrogens is 315 g/mol. The molecule has 0 saturated heterocycles. The van der Waals surface area contributed by atoms with E-state index in [4.69, 9.17) is 5.73 Å². The number of hydrogen-bond acceptors (Lipinski definition) is 4. The first-order valence-corrected chi connectivity index (χ1v) is 7.75. The van der Waals surface area contributed by atoms with Crippen LogP contribution >= 0.6 is 12.2 Å². The lowest BCUT2D eigenvalue weighted by molar-refractivity contribution is 0.580. The highest BCUT2D eigenvalue weighted by Crippen LogP contribution is 2.15. The maximum atomic E-state index is 13.5. The van der Waals surface area contributed by atoms with Crippen LogP contribution in [0.15, 0.2) is 35.5 Å². The van der Waals surface area contributed by atoms with Crippen LogP contribution in [0.2, 0.25) is 0 Å². The minimum absolute atomic E-state index is 0.0793. The van der Waals surface area contributed by atoms with E-state index in [1.54, 1.807) is 24.1 Å². The summed E-state index contributed by atoms with van der Waals surface area (Å²) in [4.78, 5) is -0.299. The molecule has 0 amide bonds. The molecule has 0 unspecified atom stereocenters. The summed E-state index contributed by atoms with van der Waals surface area (Å²) in [6.45, 7) is 0.0793. The SMILES string of the molecule is Cn1cc(CNS(=O)(=O)c2ccc(F)c(C(N)=S)c2)cn1. The molecule has 3 N–H and O–H groups in total. The Balaban J connectivity index is 2.23. The quantitative estimate of drug-likeness (QED) is 0.788. The Morgan fingerprint density at radius 2 is 2.24 bits per heavy atom. The Morgan fingerprint density at radius 3 is 2.81 bits per heavy atom. The maximum absolute atomic E-state index is 13.5. The zero-order valence-corrected chi connectivity index (χ0v) is 12.7. The van der Waals surface area contributed by atoms with E-state index in [1.807, 2.05) is 0 Å². The summed E-state index contributed by atoms with van der Waals surface area (Å²) in [7, 11) is -2.06. The third kappa shape index (κ3) is 3.63. The van der Waals surface area contributed by atoms with Crippen molar-refractivity contribution in [1.29, 1.82) is 0 Å². The molecule has 21 heavy (non-hydrogen) atoms. The summed E-state index contributed by atoms with van der Waals surface area (Å²) < 4.78 is 41.7. The van der Waals surface area contributed by atoms with Crippen LogP contribution in [0.5, 0.6) is 0 Å². The summed E-state index contributed by atoms with van der Waals surface area (Å²) in [6.07, 6.45) is 3.24. The van der Waals surface area contributed by atoms with Crippen LogP contribution < -0.4 is 10.5 Å². The number of nitrogens with one attached hydrogen (secondary N) is 1. The fraction of sp³-hybridized carbons (Fsp3) is 0.167. The predicted molar refractivity (Wildman–Crippen MR) is 79.5 cm³/mol. The molecule has 1 aromatic carbocycles. The van der Waals surface area contributed by atoms with Crippen LogP contribution in [0.1, 0.15) is 11.1 Å². The Bertz CT molecular complexity index is 786. The van der Waals surface area contributed by atoms with Crippen molar-refractivity contribution in [3.05, 3.63) is 47.5 Å². The maximum Gasteiger partial charge on any atom is 0.240 e. The molecule has 112 valence electrons. The van der Waals surface area contributed by atoms with Gasteiger partial charge in [-0.3, -0.25) is 4.68 Å². The molecule has 0 aliphatic carbocycles. The lowest BCUT2D eigenvalue weighted by Crippen LogP contribution is -2.24. The van der Waals surface area contributed by atoms with Gasteiger partial charge in [0.15, 0.2) is 0 Å². The van der Waals surface area contributed by atoms with Crippen LogP contribution in [0.3, 0.4) is 0 Å². The van der Waals surface area contributed by atoms with Crippen molar-refractivity contribution in [1.82, 2.24) is 14.5 Å². The lowest BCUT2D eigenvalue weighted by Gasteiger charge is -2.08. The van der Waals surface area contributed by atoms with Crippen LogP contribution in [-0.4, -0.2) is 23.2 Å². The van der Waals surface area contributed by atoms with Crippen LogP contribution in [0.25, 0.3) is 0 Å². The molecule has 0 radical (unpaired) electrons. The molecule has 0 atom stereocenters. The summed E-state index contributed by atoms with van der Waals surface area (Å²) >= 11 is 4.69. The molecule has 0 spiro atoms. The number of nitrogens with zero attached hydrogens (tertiary/aromatic N) is 2. The molecule has 1 aromatic heterocycles. The van der Waals surface area contributed by atoms with Gasteiger partial charge >= 0.3 is 0 Å². The highest BCUT2D eigenvalue weighted by atomic mass is 32.2. The highest BCUT2D eigenvalue weighted by molar-refractivity contribution is 7.89. The first kappa shape index (κ1) is 15.5. The Kier molecular flexibility index (Phi) is 4.35. The molecule has 9 heteroatoms. The molecule has 0 bridgehead atoms. The number of benzene rings is 1. The largest absolute Gasteiger partial charge is 0.389 e. The zero-order valence-electron chi connectivity index (χ0n) is 11.1. The first-order chi connectivity index (χ1) is 9.79. The van der Waals surface area contributed by atoms with E-state index in [0.717, 1.165) is 18.2 Å². The zero-order chi connectivity index (χ0) is 15.6. The van der Waals surface area contributed by atoms with Gasteiger partial charge in [0, 0.05) is 30.9 Å². The van der Waals surface area contributed by atoms with Crippen molar-refractivity contribution in [2.75, 3.05) is 0 Å². The Hall–Kier alpha value is -1.84. The third-order valence-corrected chi connectivity index (χ3v) is 4.36. The fourth-order valence-corrected chi connectivity index (χ4v) is 2.89. The number of nitrogens with two attached hydrogens (primary N) is 1. The normalized spacial score (nSPS) is 11.5. The summed E-state index contributed by atoms with van der Waals surface area (Å²) in [5.41, 5.74) is 5.96. The molecular formula is C12H13FN4O2S2. The third-order valence-electron chi connectivity index (χ3n) is 2.74. The number of hydrogen-bond donors (Lipinski definition) is 2. The monoisotopic (exact) mass is 328 g/mol. The van der Waals surface area contributed by atoms with Crippen LogP contribution in [0, 0.1) is 5.82 Å². The van der Waals surface area contributed by atoms with E-state index < -0.39 is 15.8 Å². The standard InChI is InChI=1S/C12H13FN4O2S2/c1-17-7-8(5-15-17)6-16-21(18,19)9-2-3-11(13)10(4-9)12(14)20/h2-5,7,16H,6H2,1H3,(H2,14,20). The minimum atomic E-state index is -3.79. The van der Waals surface area contributed by atoms with Crippen LogP contribution in [0.4, 0.5) is 4.39 Å². The summed E-state index contributed by atoms with van der Waals surface area (Å²) in [6, 6.07) is 3.29. The number of thiocarbonyl (C=S) groups is 1. The summed E-state index contributed by atoms with van der Waals surface area (Å²) in [5, 5.41) is 3.94. The molecule has 2 aromatic rings. The van der Waals surface area contributed by atoms with Gasteiger partial charge in [-0.1, -0.05) is 12.2 Å². The number of halogens is 1. The second-order valence-electron chi connectivity index (χ2n) is 4.35. The molecule has 1 heterocycles. The smallest absolute Gasteiger partial charge is 0.240 e. The Labute approximate surface area is 126 Å². The number of aryl methyl sites for hydroxylation is 1. The van der Waals surface area contributed by atoms with Gasteiger partial charge in [-0.2, -0.15) is 5.10 Å². The van der Waals surface area contributed by atoms with Gasteiger partial charge in [-0.05, 0) is 18.2 Å². The topological polar surface area (TPSA) is 90.0 Å². The van der Waals surface area contributed by atoms with Gasteiger partial charge in [-0.25, -0.2) is 17.5 Å². The predicted octanol–water partition coefficient (Wildman–Crippen LogP) is 0.672. The van der Waals surface area contributed by atoms with Crippen LogP contribution in [-0.2, 0) is 23.6 Å². The highest BCUT2D eigenvalue weighted by Gasteiger charge is 2.17. The molecule has 0 aliphatic heterocycles. The van der Waals surface area contributed by atoms with Gasteiger partial charge < -0.3 is 5.73 Å². The van der Waals surface area contributed by atoms with E-state index >= 15 is 0 Å². The van der Waals surface area contributed by atoms with Crippen molar-refractivity contribution in [2.24, 2.45) is 12.8 Å². The Morgan fingerprint density at radius 1 is 1.52 bits per heavy atom. The fourth-order valence-electron chi connectivity index (χ4n) is 1.69.